The summed E-state index contributed by atoms with van der Waals surface area (Å²) in [5, 5.41) is 12.4. The summed E-state index contributed by atoms with van der Waals surface area (Å²) in [7, 11) is 1.40. The highest BCUT2D eigenvalue weighted by Crippen LogP contribution is 2.49. The Kier molecular flexibility index (Phi) is 5.50. The van der Waals surface area contributed by atoms with Crippen molar-refractivity contribution in [2.24, 2.45) is 4.99 Å². The lowest BCUT2D eigenvalue weighted by molar-refractivity contribution is -0.860. The summed E-state index contributed by atoms with van der Waals surface area (Å²) in [6, 6.07) is 2.54. The first-order chi connectivity index (χ1) is 13.0. The van der Waals surface area contributed by atoms with Crippen LogP contribution in [0.15, 0.2) is 28.3 Å². The van der Waals surface area contributed by atoms with Crippen LogP contribution in [0.3, 0.4) is 0 Å². The Morgan fingerprint density at radius 2 is 2.41 bits per heavy atom. The van der Waals surface area contributed by atoms with Crippen LogP contribution in [0.2, 0.25) is 0 Å². The van der Waals surface area contributed by atoms with E-state index < -0.39 is 29.6 Å². The lowest BCUT2D eigenvalue weighted by Crippen LogP contribution is -3.11. The van der Waals surface area contributed by atoms with Gasteiger partial charge in [-0.1, -0.05) is 6.92 Å². The van der Waals surface area contributed by atoms with Crippen molar-refractivity contribution in [2.75, 3.05) is 26.0 Å². The fraction of sp³-hybridized carbons (Fsp3) is 0.529. The zero-order chi connectivity index (χ0) is 19.7. The number of fused-ring (bicyclic) bond motifs is 1. The number of ether oxygens (including phenoxy) is 3. The molecule has 0 saturated carbocycles. The van der Waals surface area contributed by atoms with Gasteiger partial charge in [0.25, 0.3) is 6.57 Å². The number of nitrogens with zero attached hydrogens (tertiary/aromatic N) is 3. The Bertz CT molecular complexity index is 785. The van der Waals surface area contributed by atoms with Crippen LogP contribution in [-0.4, -0.2) is 67.3 Å². The molecule has 1 aromatic rings. The number of hydroxylamine groups is 2. The van der Waals surface area contributed by atoms with Gasteiger partial charge in [-0.15, -0.1) is 11.8 Å². The van der Waals surface area contributed by atoms with E-state index in [1.807, 2.05) is 6.92 Å². The van der Waals surface area contributed by atoms with Crippen molar-refractivity contribution < 1.29 is 24.1 Å². The zero-order valence-corrected chi connectivity index (χ0v) is 15.9. The molecule has 0 bridgehead atoms. The quantitative estimate of drug-likeness (QED) is 0.319. The van der Waals surface area contributed by atoms with Gasteiger partial charge in [-0.05, 0) is 29.4 Å². The van der Waals surface area contributed by atoms with Crippen molar-refractivity contribution in [2.45, 2.75) is 35.5 Å². The number of carbonyl (C=O) groups is 1. The summed E-state index contributed by atoms with van der Waals surface area (Å²) >= 11 is 1.42. The SMILES string of the molecule is C#[N+][C@]12OC[C@H]([NH+](C)[O-])[C@@]1(N=C)OC[C@H]2OC(=O)c1cccnc1SCC. The molecule has 0 aromatic carbocycles. The van der Waals surface area contributed by atoms with Crippen molar-refractivity contribution in [1.29, 1.82) is 0 Å². The van der Waals surface area contributed by atoms with Crippen molar-refractivity contribution in [1.82, 2.24) is 4.98 Å². The molecular weight excluding hydrogens is 372 g/mol. The summed E-state index contributed by atoms with van der Waals surface area (Å²) in [6.07, 6.45) is 0.624. The van der Waals surface area contributed by atoms with Gasteiger partial charge in [0.15, 0.2) is 6.04 Å². The number of pyridine rings is 1. The van der Waals surface area contributed by atoms with Gasteiger partial charge in [-0.25, -0.2) is 9.78 Å². The first-order valence-corrected chi connectivity index (χ1v) is 9.41. The third-order valence-electron chi connectivity index (χ3n) is 4.79. The molecule has 2 saturated heterocycles. The smallest absolute Gasteiger partial charge is 0.479 e. The van der Waals surface area contributed by atoms with Gasteiger partial charge in [0.1, 0.15) is 11.6 Å². The Labute approximate surface area is 161 Å². The number of nitrogens with one attached hydrogen (secondary N) is 1. The second-order valence-corrected chi connectivity index (χ2v) is 7.40. The Hall–Kier alpha value is -2.03. The zero-order valence-electron chi connectivity index (χ0n) is 15.1. The monoisotopic (exact) mass is 393 g/mol. The molecule has 27 heavy (non-hydrogen) atoms. The second-order valence-electron chi connectivity index (χ2n) is 6.15. The molecule has 1 unspecified atom stereocenters. The van der Waals surface area contributed by atoms with Gasteiger partial charge in [-0.3, -0.25) is 9.73 Å². The van der Waals surface area contributed by atoms with Crippen LogP contribution in [-0.2, 0) is 14.2 Å². The summed E-state index contributed by atoms with van der Waals surface area (Å²) in [4.78, 5) is 24.8. The van der Waals surface area contributed by atoms with E-state index in [1.54, 1.807) is 18.3 Å². The highest BCUT2D eigenvalue weighted by Gasteiger charge is 2.84. The number of esters is 1. The van der Waals surface area contributed by atoms with Crippen LogP contribution in [0.4, 0.5) is 0 Å². The number of aromatic nitrogens is 1. The lowest BCUT2D eigenvalue weighted by atomic mass is 9.94. The first-order valence-electron chi connectivity index (χ1n) is 8.42. The van der Waals surface area contributed by atoms with Crippen LogP contribution in [0.1, 0.15) is 17.3 Å². The highest BCUT2D eigenvalue weighted by atomic mass is 32.2. The minimum atomic E-state index is -1.62. The number of aliphatic imine (C=N–C) groups is 1. The fourth-order valence-electron chi connectivity index (χ4n) is 3.50. The van der Waals surface area contributed by atoms with Crippen molar-refractivity contribution in [3.63, 3.8) is 0 Å². The molecule has 10 heteroatoms. The predicted octanol–water partition coefficient (Wildman–Crippen LogP) is 0.216. The molecule has 3 heterocycles. The summed E-state index contributed by atoms with van der Waals surface area (Å²) in [5.74, 6) is 0.143. The van der Waals surface area contributed by atoms with Gasteiger partial charge in [0.2, 0.25) is 6.10 Å². The molecule has 5 atom stereocenters. The average molecular weight is 393 g/mol. The lowest BCUT2D eigenvalue weighted by Gasteiger charge is -2.31. The summed E-state index contributed by atoms with van der Waals surface area (Å²) < 4.78 is 17.1. The summed E-state index contributed by atoms with van der Waals surface area (Å²) in [6.45, 7) is 11.0. The van der Waals surface area contributed by atoms with Gasteiger partial charge in [0, 0.05) is 6.20 Å². The number of rotatable bonds is 6. The van der Waals surface area contributed by atoms with Crippen LogP contribution >= 0.6 is 11.8 Å². The van der Waals surface area contributed by atoms with Crippen LogP contribution < -0.4 is 5.06 Å². The highest BCUT2D eigenvalue weighted by molar-refractivity contribution is 7.99. The number of carbonyl (C=O) groups excluding carboxylic acids is 1. The maximum Gasteiger partial charge on any atom is 0.479 e. The number of hydrogen-bond acceptors (Lipinski definition) is 8. The molecule has 0 radical (unpaired) electrons. The van der Waals surface area contributed by atoms with Crippen LogP contribution in [0, 0.1) is 11.8 Å². The maximum atomic E-state index is 12.8. The Morgan fingerprint density at radius 1 is 1.63 bits per heavy atom. The van der Waals surface area contributed by atoms with E-state index in [-0.39, 0.29) is 18.3 Å². The van der Waals surface area contributed by atoms with E-state index in [0.29, 0.717) is 10.6 Å². The molecule has 1 aromatic heterocycles. The predicted molar refractivity (Wildman–Crippen MR) is 99.1 cm³/mol. The Morgan fingerprint density at radius 3 is 3.04 bits per heavy atom. The third kappa shape index (κ3) is 2.92. The van der Waals surface area contributed by atoms with E-state index in [2.05, 4.69) is 21.5 Å². The molecule has 1 N–H and O–H groups in total. The van der Waals surface area contributed by atoms with Crippen molar-refractivity contribution in [3.8, 4) is 6.57 Å². The molecule has 3 rings (SSSR count). The molecule has 144 valence electrons. The molecule has 2 aliphatic rings. The van der Waals surface area contributed by atoms with Gasteiger partial charge >= 0.3 is 17.4 Å². The van der Waals surface area contributed by atoms with Gasteiger partial charge in [0.05, 0.1) is 19.2 Å². The Balaban J connectivity index is 1.90. The minimum Gasteiger partial charge on any atom is -0.634 e. The second kappa shape index (κ2) is 7.53. The average Bonchev–Trinajstić information content (AvgIpc) is 3.15. The molecule has 0 aliphatic carbocycles. The number of thioether (sulfide) groups is 1. The van der Waals surface area contributed by atoms with Gasteiger partial charge in [-0.2, -0.15) is 0 Å². The maximum absolute atomic E-state index is 12.8. The van der Waals surface area contributed by atoms with Crippen LogP contribution in [0.5, 0.6) is 0 Å². The fourth-order valence-corrected chi connectivity index (χ4v) is 4.21. The number of hydrogen-bond donors (Lipinski definition) is 1. The molecule has 2 aliphatic heterocycles. The van der Waals surface area contributed by atoms with E-state index in [4.69, 9.17) is 20.8 Å². The first kappa shape index (κ1) is 19.7. The van der Waals surface area contributed by atoms with E-state index >= 15 is 0 Å². The molecule has 0 amide bonds. The summed E-state index contributed by atoms with van der Waals surface area (Å²) in [5.41, 5.74) is -2.82. The molecular formula is C17H21N4O5S+. The van der Waals surface area contributed by atoms with Crippen molar-refractivity contribution >= 4 is 24.4 Å². The molecule has 0 spiro atoms. The minimum absolute atomic E-state index is 0.00701. The topological polar surface area (TPSA) is 102 Å². The molecule has 9 nitrogen and oxygen atoms in total. The largest absolute Gasteiger partial charge is 0.634 e. The van der Waals surface area contributed by atoms with Crippen LogP contribution in [0.25, 0.3) is 4.85 Å². The van der Waals surface area contributed by atoms with E-state index in [0.717, 1.165) is 5.75 Å². The number of likely N-dealkylation sites (N-methyl/N-ethyl adjacent to an activating group) is 1. The standard InChI is InChI=1S/C17H21N4O5S/c1-5-27-14-11(7-6-8-20-14)15(22)26-13-10-25-16(18-2)12(21(4)23)9-24-17(13,16)19-3/h3,6-8,12-13,21H,2,5,9-10H2,1,4H3/q+1/t12-,13+,16+,17+/m0/s1. The van der Waals surface area contributed by atoms with Crippen molar-refractivity contribution in [3.05, 3.63) is 33.9 Å². The van der Waals surface area contributed by atoms with Gasteiger partial charge < -0.3 is 19.7 Å². The number of quaternary nitrogens is 1. The van der Waals surface area contributed by atoms with E-state index in [9.17, 15) is 10.0 Å². The van der Waals surface area contributed by atoms with E-state index in [1.165, 1.54) is 18.8 Å². The third-order valence-corrected chi connectivity index (χ3v) is 5.67. The molecule has 2 fully saturated rings. The normalized spacial score (nSPS) is 33.1.